The van der Waals surface area contributed by atoms with E-state index in [-0.39, 0.29) is 17.5 Å². The monoisotopic (exact) mass is 313 g/mol. The maximum absolute atomic E-state index is 13.2. The van der Waals surface area contributed by atoms with Crippen LogP contribution >= 0.6 is 0 Å². The van der Waals surface area contributed by atoms with Crippen molar-refractivity contribution in [1.29, 1.82) is 0 Å². The summed E-state index contributed by atoms with van der Waals surface area (Å²) in [6.45, 7) is 0. The van der Waals surface area contributed by atoms with Gasteiger partial charge in [0.1, 0.15) is 17.5 Å². The van der Waals surface area contributed by atoms with E-state index in [1.165, 1.54) is 36.4 Å². The number of benzene rings is 3. The summed E-state index contributed by atoms with van der Waals surface area (Å²) in [6.07, 6.45) is 0. The van der Waals surface area contributed by atoms with E-state index in [4.69, 9.17) is 5.73 Å². The standard InChI is InChI=1S/C19H14F3N/c20-16-7-1-13(2-8-16)19(23,14-3-9-17(21)10-4-14)15-5-11-18(22)12-6-15/h1-12H,23H2. The number of rotatable bonds is 3. The summed E-state index contributed by atoms with van der Waals surface area (Å²) in [6, 6.07) is 17.3. The Morgan fingerprint density at radius 2 is 0.696 bits per heavy atom. The van der Waals surface area contributed by atoms with Crippen LogP contribution in [-0.4, -0.2) is 0 Å². The van der Waals surface area contributed by atoms with Gasteiger partial charge >= 0.3 is 0 Å². The molecule has 116 valence electrons. The Bertz CT molecular complexity index is 683. The molecule has 0 radical (unpaired) electrons. The molecule has 0 fully saturated rings. The van der Waals surface area contributed by atoms with Gasteiger partial charge < -0.3 is 5.73 Å². The van der Waals surface area contributed by atoms with Crippen molar-refractivity contribution in [3.63, 3.8) is 0 Å². The first-order chi connectivity index (χ1) is 11.0. The van der Waals surface area contributed by atoms with Crippen LogP contribution in [0.2, 0.25) is 0 Å². The molecule has 0 aliphatic heterocycles. The molecule has 3 aromatic carbocycles. The van der Waals surface area contributed by atoms with Crippen LogP contribution in [0, 0.1) is 17.5 Å². The number of hydrogen-bond donors (Lipinski definition) is 1. The molecule has 3 aromatic rings. The maximum Gasteiger partial charge on any atom is 0.123 e. The second-order valence-electron chi connectivity index (χ2n) is 5.33. The molecular weight excluding hydrogens is 299 g/mol. The average Bonchev–Trinajstić information content (AvgIpc) is 2.56. The Morgan fingerprint density at radius 1 is 0.478 bits per heavy atom. The molecule has 3 rings (SSSR count). The van der Waals surface area contributed by atoms with Crippen LogP contribution in [0.15, 0.2) is 72.8 Å². The largest absolute Gasteiger partial charge is 0.314 e. The molecule has 0 spiro atoms. The molecule has 1 nitrogen and oxygen atoms in total. The van der Waals surface area contributed by atoms with Crippen molar-refractivity contribution in [3.05, 3.63) is 107 Å². The Hall–Kier alpha value is -2.59. The smallest absolute Gasteiger partial charge is 0.123 e. The SMILES string of the molecule is NC(c1ccc(F)cc1)(c1ccc(F)cc1)c1ccc(F)cc1. The van der Waals surface area contributed by atoms with Gasteiger partial charge in [-0.1, -0.05) is 36.4 Å². The maximum atomic E-state index is 13.2. The van der Waals surface area contributed by atoms with E-state index in [2.05, 4.69) is 0 Å². The fraction of sp³-hybridized carbons (Fsp3) is 0.0526. The molecular formula is C19H14F3N. The Kier molecular flexibility index (Phi) is 3.92. The van der Waals surface area contributed by atoms with Crippen molar-refractivity contribution >= 4 is 0 Å². The third-order valence-electron chi connectivity index (χ3n) is 3.90. The van der Waals surface area contributed by atoms with Crippen molar-refractivity contribution in [2.45, 2.75) is 5.54 Å². The zero-order valence-corrected chi connectivity index (χ0v) is 12.1. The molecule has 4 heteroatoms. The Morgan fingerprint density at radius 3 is 0.913 bits per heavy atom. The minimum absolute atomic E-state index is 0.380. The molecule has 23 heavy (non-hydrogen) atoms. The lowest BCUT2D eigenvalue weighted by molar-refractivity contribution is 0.605. The summed E-state index contributed by atoms with van der Waals surface area (Å²) in [5, 5.41) is 0. The quantitative estimate of drug-likeness (QED) is 0.715. The first kappa shape index (κ1) is 15.3. The molecule has 0 saturated heterocycles. The van der Waals surface area contributed by atoms with Crippen molar-refractivity contribution in [1.82, 2.24) is 0 Å². The van der Waals surface area contributed by atoms with Crippen LogP contribution in [0.4, 0.5) is 13.2 Å². The first-order valence-electron chi connectivity index (χ1n) is 7.07. The van der Waals surface area contributed by atoms with Crippen molar-refractivity contribution in [3.8, 4) is 0 Å². The predicted molar refractivity (Wildman–Crippen MR) is 83.3 cm³/mol. The lowest BCUT2D eigenvalue weighted by atomic mass is 9.78. The second kappa shape index (κ2) is 5.89. The van der Waals surface area contributed by atoms with Gasteiger partial charge in [0.15, 0.2) is 0 Å². The van der Waals surface area contributed by atoms with Crippen LogP contribution in [0.1, 0.15) is 16.7 Å². The minimum Gasteiger partial charge on any atom is -0.314 e. The lowest BCUT2D eigenvalue weighted by Crippen LogP contribution is -2.39. The molecule has 0 unspecified atom stereocenters. The van der Waals surface area contributed by atoms with Crippen molar-refractivity contribution in [2.75, 3.05) is 0 Å². The van der Waals surface area contributed by atoms with E-state index in [1.807, 2.05) is 0 Å². The van der Waals surface area contributed by atoms with Gasteiger partial charge in [0.25, 0.3) is 0 Å². The van der Waals surface area contributed by atoms with Gasteiger partial charge in [-0.25, -0.2) is 13.2 Å². The van der Waals surface area contributed by atoms with Crippen LogP contribution in [0.5, 0.6) is 0 Å². The van der Waals surface area contributed by atoms with Gasteiger partial charge in [0.2, 0.25) is 0 Å². The lowest BCUT2D eigenvalue weighted by Gasteiger charge is -2.31. The van der Waals surface area contributed by atoms with Crippen LogP contribution < -0.4 is 5.73 Å². The van der Waals surface area contributed by atoms with E-state index in [0.29, 0.717) is 16.7 Å². The van der Waals surface area contributed by atoms with Crippen LogP contribution in [0.3, 0.4) is 0 Å². The van der Waals surface area contributed by atoms with Gasteiger partial charge in [-0.15, -0.1) is 0 Å². The zero-order chi connectivity index (χ0) is 16.4. The second-order valence-corrected chi connectivity index (χ2v) is 5.33. The van der Waals surface area contributed by atoms with E-state index < -0.39 is 5.54 Å². The third kappa shape index (κ3) is 2.85. The summed E-state index contributed by atoms with van der Waals surface area (Å²) < 4.78 is 39.7. The summed E-state index contributed by atoms with van der Waals surface area (Å²) in [5.41, 5.74) is 7.37. The summed E-state index contributed by atoms with van der Waals surface area (Å²) in [7, 11) is 0. The van der Waals surface area contributed by atoms with Crippen molar-refractivity contribution < 1.29 is 13.2 Å². The summed E-state index contributed by atoms with van der Waals surface area (Å²) in [5.74, 6) is -1.14. The zero-order valence-electron chi connectivity index (χ0n) is 12.1. The van der Waals surface area contributed by atoms with E-state index in [1.54, 1.807) is 36.4 Å². The fourth-order valence-electron chi connectivity index (χ4n) is 2.64. The highest BCUT2D eigenvalue weighted by Crippen LogP contribution is 2.34. The molecule has 2 N–H and O–H groups in total. The Balaban J connectivity index is 2.21. The minimum atomic E-state index is -1.14. The molecule has 0 saturated carbocycles. The van der Waals surface area contributed by atoms with Crippen LogP contribution in [0.25, 0.3) is 0 Å². The molecule has 0 aliphatic carbocycles. The molecule has 0 bridgehead atoms. The van der Waals surface area contributed by atoms with Gasteiger partial charge in [-0.2, -0.15) is 0 Å². The molecule has 0 aliphatic rings. The van der Waals surface area contributed by atoms with Gasteiger partial charge in [0, 0.05) is 0 Å². The van der Waals surface area contributed by atoms with Gasteiger partial charge in [-0.05, 0) is 53.1 Å². The normalized spacial score (nSPS) is 11.5. The first-order valence-corrected chi connectivity index (χ1v) is 7.07. The molecule has 0 heterocycles. The van der Waals surface area contributed by atoms with Gasteiger partial charge in [-0.3, -0.25) is 0 Å². The number of nitrogens with two attached hydrogens (primary N) is 1. The van der Waals surface area contributed by atoms with E-state index in [9.17, 15) is 13.2 Å². The summed E-state index contributed by atoms with van der Waals surface area (Å²) in [4.78, 5) is 0. The average molecular weight is 313 g/mol. The fourth-order valence-corrected chi connectivity index (χ4v) is 2.64. The Labute approximate surface area is 132 Å². The highest BCUT2D eigenvalue weighted by Gasteiger charge is 2.32. The highest BCUT2D eigenvalue weighted by atomic mass is 19.1. The highest BCUT2D eigenvalue weighted by molar-refractivity contribution is 5.48. The molecule has 0 aromatic heterocycles. The topological polar surface area (TPSA) is 26.0 Å². The van der Waals surface area contributed by atoms with Gasteiger partial charge in [0.05, 0.1) is 5.54 Å². The predicted octanol–water partition coefficient (Wildman–Crippen LogP) is 4.35. The molecule has 0 amide bonds. The summed E-state index contributed by atoms with van der Waals surface area (Å²) >= 11 is 0. The number of halogens is 3. The van der Waals surface area contributed by atoms with Crippen molar-refractivity contribution in [2.24, 2.45) is 5.73 Å². The van der Waals surface area contributed by atoms with E-state index in [0.717, 1.165) is 0 Å². The number of hydrogen-bond acceptors (Lipinski definition) is 1. The van der Waals surface area contributed by atoms with Crippen LogP contribution in [-0.2, 0) is 5.54 Å². The third-order valence-corrected chi connectivity index (χ3v) is 3.90. The molecule has 0 atom stereocenters. The van der Waals surface area contributed by atoms with E-state index >= 15 is 0 Å².